The molecule has 0 aromatic heterocycles. The molecule has 2 rings (SSSR count). The molecule has 6 heteroatoms. The van der Waals surface area contributed by atoms with E-state index in [1.54, 1.807) is 24.3 Å². The molecule has 0 aliphatic heterocycles. The summed E-state index contributed by atoms with van der Waals surface area (Å²) in [5.41, 5.74) is 1.55. The van der Waals surface area contributed by atoms with E-state index in [1.807, 2.05) is 19.1 Å². The lowest BCUT2D eigenvalue weighted by molar-refractivity contribution is -0.113. The first-order chi connectivity index (χ1) is 9.87. The van der Waals surface area contributed by atoms with Gasteiger partial charge in [-0.15, -0.1) is 0 Å². The fourth-order valence-corrected chi connectivity index (χ4v) is 3.23. The van der Waals surface area contributed by atoms with Gasteiger partial charge in [0.05, 0.1) is 4.90 Å². The molecular formula is C15H14INO3S. The fraction of sp³-hybridized carbons (Fsp3) is 0.133. The van der Waals surface area contributed by atoms with Gasteiger partial charge in [-0.25, -0.2) is 8.42 Å². The molecule has 0 unspecified atom stereocenters. The second kappa shape index (κ2) is 6.57. The number of rotatable bonds is 4. The maximum atomic E-state index is 12.1. The zero-order valence-electron chi connectivity index (χ0n) is 11.3. The minimum Gasteiger partial charge on any atom is -0.325 e. The van der Waals surface area contributed by atoms with Crippen LogP contribution < -0.4 is 5.32 Å². The zero-order chi connectivity index (χ0) is 15.5. The molecule has 110 valence electrons. The summed E-state index contributed by atoms with van der Waals surface area (Å²) < 4.78 is 25.3. The smallest absolute Gasteiger partial charge is 0.239 e. The van der Waals surface area contributed by atoms with Gasteiger partial charge in [-0.3, -0.25) is 4.79 Å². The molecule has 0 bridgehead atoms. The van der Waals surface area contributed by atoms with Gasteiger partial charge in [0.15, 0.2) is 9.84 Å². The predicted molar refractivity (Wildman–Crippen MR) is 91.0 cm³/mol. The van der Waals surface area contributed by atoms with E-state index in [2.05, 4.69) is 27.9 Å². The summed E-state index contributed by atoms with van der Waals surface area (Å²) in [6.07, 6.45) is 0. The third-order valence-electron chi connectivity index (χ3n) is 2.83. The second-order valence-corrected chi connectivity index (χ2v) is 7.86. The van der Waals surface area contributed by atoms with E-state index in [-0.39, 0.29) is 4.90 Å². The molecule has 0 fully saturated rings. The lowest BCUT2D eigenvalue weighted by Crippen LogP contribution is -2.23. The van der Waals surface area contributed by atoms with Gasteiger partial charge in [-0.2, -0.15) is 0 Å². The average molecular weight is 415 g/mol. The maximum absolute atomic E-state index is 12.1. The normalized spacial score (nSPS) is 11.1. The Balaban J connectivity index is 2.07. The van der Waals surface area contributed by atoms with E-state index in [4.69, 9.17) is 0 Å². The molecule has 0 aliphatic rings. The summed E-state index contributed by atoms with van der Waals surface area (Å²) in [7, 11) is -3.62. The number of aryl methyl sites for hydroxylation is 1. The number of hydrogen-bond donors (Lipinski definition) is 1. The molecule has 4 nitrogen and oxygen atoms in total. The van der Waals surface area contributed by atoms with Crippen LogP contribution >= 0.6 is 22.6 Å². The maximum Gasteiger partial charge on any atom is 0.239 e. The van der Waals surface area contributed by atoms with Crippen molar-refractivity contribution in [3.8, 4) is 0 Å². The Morgan fingerprint density at radius 3 is 2.19 bits per heavy atom. The third kappa shape index (κ3) is 4.53. The van der Waals surface area contributed by atoms with Crippen LogP contribution in [0.25, 0.3) is 0 Å². The van der Waals surface area contributed by atoms with Crippen molar-refractivity contribution < 1.29 is 13.2 Å². The molecule has 0 aliphatic carbocycles. The number of anilines is 1. The topological polar surface area (TPSA) is 63.2 Å². The molecule has 0 spiro atoms. The lowest BCUT2D eigenvalue weighted by atomic mass is 10.2. The summed E-state index contributed by atoms with van der Waals surface area (Å²) in [4.78, 5) is 12.0. The van der Waals surface area contributed by atoms with Gasteiger partial charge in [-0.05, 0) is 65.9 Å². The van der Waals surface area contributed by atoms with E-state index in [1.165, 1.54) is 12.1 Å². The average Bonchev–Trinajstić information content (AvgIpc) is 2.41. The van der Waals surface area contributed by atoms with Crippen molar-refractivity contribution in [2.24, 2.45) is 0 Å². The highest BCUT2D eigenvalue weighted by molar-refractivity contribution is 14.1. The zero-order valence-corrected chi connectivity index (χ0v) is 14.3. The minimum atomic E-state index is -3.62. The standard InChI is InChI=1S/C15H14INO3S/c1-11-2-8-14(9-3-11)21(19,20)10-15(18)17-13-6-4-12(16)5-7-13/h2-9H,10H2,1H3,(H,17,18). The van der Waals surface area contributed by atoms with Gasteiger partial charge in [0.1, 0.15) is 5.75 Å². The van der Waals surface area contributed by atoms with Crippen LogP contribution in [0.5, 0.6) is 0 Å². The van der Waals surface area contributed by atoms with E-state index < -0.39 is 21.5 Å². The summed E-state index contributed by atoms with van der Waals surface area (Å²) in [6.45, 7) is 1.87. The Kier molecular flexibility index (Phi) is 5.00. The SMILES string of the molecule is Cc1ccc(S(=O)(=O)CC(=O)Nc2ccc(I)cc2)cc1. The van der Waals surface area contributed by atoms with Crippen LogP contribution in [0.1, 0.15) is 5.56 Å². The van der Waals surface area contributed by atoms with Crippen molar-refractivity contribution in [2.75, 3.05) is 11.1 Å². The summed E-state index contributed by atoms with van der Waals surface area (Å²) in [5.74, 6) is -1.11. The van der Waals surface area contributed by atoms with Crippen LogP contribution in [0.3, 0.4) is 0 Å². The van der Waals surface area contributed by atoms with Crippen molar-refractivity contribution in [2.45, 2.75) is 11.8 Å². The number of nitrogens with one attached hydrogen (secondary N) is 1. The number of hydrogen-bond acceptors (Lipinski definition) is 3. The summed E-state index contributed by atoms with van der Waals surface area (Å²) in [5, 5.41) is 2.58. The molecular weight excluding hydrogens is 401 g/mol. The number of sulfone groups is 1. The fourth-order valence-electron chi connectivity index (χ4n) is 1.73. The molecule has 2 aromatic carbocycles. The third-order valence-corrected chi connectivity index (χ3v) is 5.18. The Morgan fingerprint density at radius 1 is 1.05 bits per heavy atom. The van der Waals surface area contributed by atoms with E-state index in [0.29, 0.717) is 5.69 Å². The Bertz CT molecular complexity index is 737. The molecule has 0 atom stereocenters. The number of amides is 1. The van der Waals surface area contributed by atoms with E-state index in [0.717, 1.165) is 9.13 Å². The quantitative estimate of drug-likeness (QED) is 0.782. The van der Waals surface area contributed by atoms with Crippen LogP contribution in [-0.4, -0.2) is 20.1 Å². The van der Waals surface area contributed by atoms with E-state index >= 15 is 0 Å². The molecule has 1 N–H and O–H groups in total. The predicted octanol–water partition coefficient (Wildman–Crippen LogP) is 3.01. The van der Waals surface area contributed by atoms with Crippen molar-refractivity contribution in [3.63, 3.8) is 0 Å². The highest BCUT2D eigenvalue weighted by atomic mass is 127. The molecule has 0 radical (unpaired) electrons. The largest absolute Gasteiger partial charge is 0.325 e. The lowest BCUT2D eigenvalue weighted by Gasteiger charge is -2.07. The first kappa shape index (κ1) is 16.0. The van der Waals surface area contributed by atoms with Gasteiger partial charge in [0.2, 0.25) is 5.91 Å². The van der Waals surface area contributed by atoms with Gasteiger partial charge in [0.25, 0.3) is 0 Å². The highest BCUT2D eigenvalue weighted by Gasteiger charge is 2.19. The molecule has 1 amide bonds. The van der Waals surface area contributed by atoms with Gasteiger partial charge >= 0.3 is 0 Å². The molecule has 21 heavy (non-hydrogen) atoms. The first-order valence-electron chi connectivity index (χ1n) is 6.22. The van der Waals surface area contributed by atoms with Gasteiger partial charge in [-0.1, -0.05) is 17.7 Å². The minimum absolute atomic E-state index is 0.158. The monoisotopic (exact) mass is 415 g/mol. The van der Waals surface area contributed by atoms with Crippen molar-refractivity contribution in [1.29, 1.82) is 0 Å². The van der Waals surface area contributed by atoms with Gasteiger partial charge in [0, 0.05) is 9.26 Å². The van der Waals surface area contributed by atoms with Crippen LogP contribution in [0.2, 0.25) is 0 Å². The van der Waals surface area contributed by atoms with Crippen molar-refractivity contribution in [3.05, 3.63) is 57.7 Å². The summed E-state index contributed by atoms with van der Waals surface area (Å²) >= 11 is 2.15. The Morgan fingerprint density at radius 2 is 1.62 bits per heavy atom. The first-order valence-corrected chi connectivity index (χ1v) is 8.95. The number of carbonyl (C=O) groups excluding carboxylic acids is 1. The molecule has 0 saturated carbocycles. The van der Waals surface area contributed by atoms with Crippen LogP contribution in [0, 0.1) is 10.5 Å². The van der Waals surface area contributed by atoms with Crippen molar-refractivity contribution >= 4 is 44.0 Å². The number of halogens is 1. The van der Waals surface area contributed by atoms with Crippen LogP contribution in [-0.2, 0) is 14.6 Å². The van der Waals surface area contributed by atoms with Crippen LogP contribution in [0.4, 0.5) is 5.69 Å². The Hall–Kier alpha value is -1.41. The van der Waals surface area contributed by atoms with Crippen LogP contribution in [0.15, 0.2) is 53.4 Å². The number of carbonyl (C=O) groups is 1. The molecule has 0 saturated heterocycles. The van der Waals surface area contributed by atoms with E-state index in [9.17, 15) is 13.2 Å². The van der Waals surface area contributed by atoms with Crippen molar-refractivity contribution in [1.82, 2.24) is 0 Å². The van der Waals surface area contributed by atoms with Gasteiger partial charge < -0.3 is 5.32 Å². The molecule has 0 heterocycles. The molecule has 2 aromatic rings. The second-order valence-electron chi connectivity index (χ2n) is 4.63. The highest BCUT2D eigenvalue weighted by Crippen LogP contribution is 2.14. The Labute approximate surface area is 137 Å². The number of benzene rings is 2. The summed E-state index contributed by atoms with van der Waals surface area (Å²) in [6, 6.07) is 13.6.